The topological polar surface area (TPSA) is 124 Å². The fraction of sp³-hybridized carbons (Fsp3) is 0. The van der Waals surface area contributed by atoms with Gasteiger partial charge in [-0.3, -0.25) is 0 Å². The molecule has 7 heteroatoms. The van der Waals surface area contributed by atoms with Crippen molar-refractivity contribution in [3.05, 3.63) is 241 Å². The van der Waals surface area contributed by atoms with Crippen LogP contribution >= 0.6 is 0 Å². The van der Waals surface area contributed by atoms with Gasteiger partial charge in [-0.15, -0.1) is 0 Å². The number of carbonyl (C=O) groups is 1. The number of rotatable bonds is 6. The van der Waals surface area contributed by atoms with Gasteiger partial charge >= 0.3 is 5.97 Å². The number of nitriles is 1. The van der Waals surface area contributed by atoms with Crippen molar-refractivity contribution >= 4 is 34.3 Å². The van der Waals surface area contributed by atoms with Gasteiger partial charge in [-0.25, -0.2) is 4.79 Å². The molecule has 7 nitrogen and oxygen atoms in total. The summed E-state index contributed by atoms with van der Waals surface area (Å²) in [6.07, 6.45) is 1.45. The quantitative estimate of drug-likeness (QED) is 0.103. The van der Waals surface area contributed by atoms with Crippen molar-refractivity contribution in [3.63, 3.8) is 0 Å². The van der Waals surface area contributed by atoms with Crippen LogP contribution in [0.3, 0.4) is 0 Å². The van der Waals surface area contributed by atoms with Crippen LogP contribution in [0.1, 0.15) is 50.6 Å². The Hall–Kier alpha value is -7.82. The number of aromatic nitrogens is 4. The van der Waals surface area contributed by atoms with Crippen LogP contribution in [-0.4, -0.2) is 31.0 Å². The van der Waals surface area contributed by atoms with E-state index in [0.717, 1.165) is 83.4 Å². The van der Waals surface area contributed by atoms with E-state index in [9.17, 15) is 15.2 Å². The van der Waals surface area contributed by atoms with E-state index in [4.69, 9.17) is 0 Å². The molecule has 4 aromatic carbocycles. The molecule has 0 aliphatic carbocycles. The molecule has 5 N–H and O–H groups in total. The van der Waals surface area contributed by atoms with Crippen LogP contribution in [0.5, 0.6) is 0 Å². The Labute approximate surface area is 315 Å². The summed E-state index contributed by atoms with van der Waals surface area (Å²) in [6.45, 7) is 0. The lowest BCUT2D eigenvalue weighted by Gasteiger charge is -2.10. The number of benzene rings is 4. The van der Waals surface area contributed by atoms with E-state index >= 15 is 0 Å². The summed E-state index contributed by atoms with van der Waals surface area (Å²) in [4.78, 5) is 27.4. The van der Waals surface area contributed by atoms with Crippen molar-refractivity contribution < 1.29 is 9.90 Å². The van der Waals surface area contributed by atoms with Crippen molar-refractivity contribution in [2.24, 2.45) is 0 Å². The number of hydrogen-bond donors (Lipinski definition) is 5. The van der Waals surface area contributed by atoms with Gasteiger partial charge in [-0.2, -0.15) is 5.26 Å². The zero-order valence-corrected chi connectivity index (χ0v) is 29.5. The zero-order valence-electron chi connectivity index (χ0n) is 29.5. The highest BCUT2D eigenvalue weighted by atomic mass is 16.4. The zero-order chi connectivity index (χ0) is 37.3. The van der Waals surface area contributed by atoms with Crippen LogP contribution in [0, 0.1) is 11.3 Å². The Bertz CT molecular complexity index is 3050. The van der Waals surface area contributed by atoms with Gasteiger partial charge in [0.25, 0.3) is 0 Å². The number of nitrogens with zero attached hydrogens (tertiary/aromatic N) is 1. The van der Waals surface area contributed by atoms with Crippen LogP contribution in [-0.2, 0) is 4.79 Å². The molecule has 0 atom stereocenters. The maximum absolute atomic E-state index is 12.3. The van der Waals surface area contributed by atoms with Crippen LogP contribution in [0.4, 0.5) is 0 Å². The largest absolute Gasteiger partial charge is 0.477 e. The molecule has 55 heavy (non-hydrogen) atoms. The smallest absolute Gasteiger partial charge is 0.346 e. The van der Waals surface area contributed by atoms with E-state index in [1.165, 1.54) is 6.08 Å². The number of carboxylic acid groups (broad SMARTS) is 1. The third kappa shape index (κ3) is 6.14. The normalized spacial score (nSPS) is 12.8. The third-order valence-corrected chi connectivity index (χ3v) is 9.94. The maximum atomic E-state index is 12.3. The summed E-state index contributed by atoms with van der Waals surface area (Å²) in [5, 5.41) is 23.3. The standard InChI is InChI=1S/C48H33N5O2/c49-29-35(48(54)55)27-34-28-42-45(32-17-9-3-10-18-32)40-24-23-38(51-40)43(30-13-5-1-6-14-30)36-21-22-37(50-36)44(31-15-7-2-8-16-31)39-25-26-41(52-39)46(47(34)53-42)33-19-11-4-12-20-33/h1-28,50-53H,(H,54,55). The first kappa shape index (κ1) is 33.0. The summed E-state index contributed by atoms with van der Waals surface area (Å²) in [7, 11) is 0. The monoisotopic (exact) mass is 711 g/mol. The second-order valence-corrected chi connectivity index (χ2v) is 13.3. The summed E-state index contributed by atoms with van der Waals surface area (Å²) in [5.41, 5.74) is 11.3. The predicted molar refractivity (Wildman–Crippen MR) is 215 cm³/mol. The Morgan fingerprint density at radius 2 is 0.855 bits per heavy atom. The fourth-order valence-corrected chi connectivity index (χ4v) is 7.51. The molecular weight excluding hydrogens is 679 g/mol. The molecule has 262 valence electrons. The molecule has 0 amide bonds. The summed E-state index contributed by atoms with van der Waals surface area (Å²) >= 11 is 0. The number of aromatic amines is 4. The van der Waals surface area contributed by atoms with Gasteiger partial charge in [0, 0.05) is 66.7 Å². The predicted octanol–water partition coefficient (Wildman–Crippen LogP) is 6.29. The molecule has 4 aromatic heterocycles. The molecule has 8 bridgehead atoms. The van der Waals surface area contributed by atoms with Gasteiger partial charge in [0.1, 0.15) is 11.6 Å². The highest BCUT2D eigenvalue weighted by molar-refractivity contribution is 5.97. The molecule has 0 spiro atoms. The minimum atomic E-state index is -1.30. The summed E-state index contributed by atoms with van der Waals surface area (Å²) < 4.78 is 0. The van der Waals surface area contributed by atoms with Crippen molar-refractivity contribution in [2.45, 2.75) is 0 Å². The molecule has 0 radical (unpaired) electrons. The third-order valence-electron chi connectivity index (χ3n) is 9.94. The van der Waals surface area contributed by atoms with E-state index in [1.807, 2.05) is 97.1 Å². The van der Waals surface area contributed by atoms with E-state index in [0.29, 0.717) is 10.9 Å². The first-order valence-electron chi connectivity index (χ1n) is 17.9. The van der Waals surface area contributed by atoms with E-state index in [2.05, 4.69) is 92.7 Å². The van der Waals surface area contributed by atoms with Crippen LogP contribution in [0.2, 0.25) is 0 Å². The molecule has 8 aromatic rings. The van der Waals surface area contributed by atoms with E-state index in [1.54, 1.807) is 0 Å². The van der Waals surface area contributed by atoms with Crippen LogP contribution in [0.25, 0.3) is 28.4 Å². The Kier molecular flexibility index (Phi) is 8.39. The molecule has 0 saturated carbocycles. The molecule has 1 aliphatic heterocycles. The SMILES string of the molecule is N#CC(=Cc1cc2[nH]c1=C(c1ccccc1)c1ccc([nH]1)C(c1ccccc1)=c1ccc([nH]1)=C(c1ccccc1)c1ccc([nH]1)C=2c1ccccc1)C(=O)O. The number of aliphatic carboxylic acids is 1. The number of fused-ring (bicyclic) bond motifs is 8. The highest BCUT2D eigenvalue weighted by Crippen LogP contribution is 2.28. The molecule has 1 aliphatic rings. The number of hydrogen-bond acceptors (Lipinski definition) is 2. The average Bonchev–Trinajstić information content (AvgIpc) is 4.06. The molecule has 0 saturated heterocycles. The van der Waals surface area contributed by atoms with Crippen molar-refractivity contribution in [2.75, 3.05) is 0 Å². The first-order chi connectivity index (χ1) is 27.1. The van der Waals surface area contributed by atoms with Crippen molar-refractivity contribution in [3.8, 4) is 6.07 Å². The Morgan fingerprint density at radius 1 is 0.473 bits per heavy atom. The maximum Gasteiger partial charge on any atom is 0.346 e. The van der Waals surface area contributed by atoms with Gasteiger partial charge in [0.2, 0.25) is 0 Å². The van der Waals surface area contributed by atoms with Gasteiger partial charge in [0.15, 0.2) is 0 Å². The van der Waals surface area contributed by atoms with E-state index in [-0.39, 0.29) is 5.57 Å². The van der Waals surface area contributed by atoms with Gasteiger partial charge in [-0.05, 0) is 70.8 Å². The van der Waals surface area contributed by atoms with Crippen molar-refractivity contribution in [1.82, 2.24) is 19.9 Å². The average molecular weight is 712 g/mol. The molecular formula is C48H33N5O2. The Morgan fingerprint density at radius 3 is 1.25 bits per heavy atom. The first-order valence-corrected chi connectivity index (χ1v) is 17.9. The minimum Gasteiger partial charge on any atom is -0.477 e. The molecule has 9 rings (SSSR count). The molecule has 5 heterocycles. The summed E-state index contributed by atoms with van der Waals surface area (Å²) in [6, 6.07) is 57.1. The lowest BCUT2D eigenvalue weighted by Crippen LogP contribution is -2.19. The second kappa shape index (κ2) is 14.0. The summed E-state index contributed by atoms with van der Waals surface area (Å²) in [5.74, 6) is -1.30. The fourth-order valence-electron chi connectivity index (χ4n) is 7.51. The van der Waals surface area contributed by atoms with E-state index < -0.39 is 5.97 Å². The lowest BCUT2D eigenvalue weighted by atomic mass is 10.0. The Balaban J connectivity index is 1.50. The second-order valence-electron chi connectivity index (χ2n) is 13.3. The number of carboxylic acids is 1. The lowest BCUT2D eigenvalue weighted by molar-refractivity contribution is -0.132. The van der Waals surface area contributed by atoms with Crippen LogP contribution in [0.15, 0.2) is 169 Å². The highest BCUT2D eigenvalue weighted by Gasteiger charge is 2.20. The molecule has 0 fully saturated rings. The van der Waals surface area contributed by atoms with Crippen LogP contribution < -0.4 is 21.4 Å². The molecule has 0 unspecified atom stereocenters. The number of nitrogens with one attached hydrogen (secondary N) is 4. The minimum absolute atomic E-state index is 0.371. The van der Waals surface area contributed by atoms with Crippen molar-refractivity contribution in [1.29, 1.82) is 5.26 Å². The number of H-pyrrole nitrogens is 4. The van der Waals surface area contributed by atoms with Gasteiger partial charge < -0.3 is 25.0 Å². The van der Waals surface area contributed by atoms with Gasteiger partial charge in [0.05, 0.1) is 5.35 Å². The van der Waals surface area contributed by atoms with Gasteiger partial charge in [-0.1, -0.05) is 121 Å².